The fraction of sp³-hybridized carbons (Fsp3) is 0.222. The van der Waals surface area contributed by atoms with E-state index in [0.717, 1.165) is 17.9 Å². The number of aromatic nitrogens is 3. The first-order valence-electron chi connectivity index (χ1n) is 7.88. The van der Waals surface area contributed by atoms with Crippen LogP contribution >= 0.6 is 0 Å². The number of ether oxygens (including phenoxy) is 1. The van der Waals surface area contributed by atoms with E-state index in [1.54, 1.807) is 16.8 Å². The van der Waals surface area contributed by atoms with Gasteiger partial charge in [-0.3, -0.25) is 0 Å². The molecule has 2 aromatic carbocycles. The monoisotopic (exact) mass is 324 g/mol. The minimum Gasteiger partial charge on any atom is -0.350 e. The van der Waals surface area contributed by atoms with Crippen molar-refractivity contribution < 1.29 is 9.13 Å². The van der Waals surface area contributed by atoms with E-state index in [-0.39, 0.29) is 12.0 Å². The zero-order valence-electron chi connectivity index (χ0n) is 13.0. The molecule has 0 N–H and O–H groups in total. The molecule has 1 aliphatic heterocycles. The quantitative estimate of drug-likeness (QED) is 0.740. The van der Waals surface area contributed by atoms with Crippen LogP contribution in [-0.2, 0) is 11.3 Å². The average molecular weight is 324 g/mol. The maximum Gasteiger partial charge on any atom is 0.177 e. The van der Waals surface area contributed by atoms with Crippen LogP contribution in [0, 0.1) is 5.82 Å². The second kappa shape index (κ2) is 6.41. The molecule has 0 amide bonds. The molecule has 0 bridgehead atoms. The van der Waals surface area contributed by atoms with E-state index in [4.69, 9.17) is 4.74 Å². The van der Waals surface area contributed by atoms with Crippen LogP contribution in [0.4, 0.5) is 10.1 Å². The van der Waals surface area contributed by atoms with Crippen molar-refractivity contribution in [2.75, 3.05) is 18.1 Å². The minimum atomic E-state index is -0.262. The Labute approximate surface area is 139 Å². The Morgan fingerprint density at radius 3 is 2.71 bits per heavy atom. The topological polar surface area (TPSA) is 43.2 Å². The van der Waals surface area contributed by atoms with Gasteiger partial charge in [0.1, 0.15) is 11.5 Å². The van der Waals surface area contributed by atoms with E-state index in [1.165, 1.54) is 6.07 Å². The Kier molecular flexibility index (Phi) is 3.96. The molecule has 0 saturated carbocycles. The third-order valence-electron chi connectivity index (χ3n) is 4.08. The first-order chi connectivity index (χ1) is 11.8. The number of hydrogen-bond donors (Lipinski definition) is 0. The first kappa shape index (κ1) is 14.8. The van der Waals surface area contributed by atoms with Gasteiger partial charge in [-0.15, -0.1) is 5.10 Å². The van der Waals surface area contributed by atoms with Gasteiger partial charge in [-0.05, 0) is 18.2 Å². The summed E-state index contributed by atoms with van der Waals surface area (Å²) < 4.78 is 21.2. The zero-order chi connectivity index (χ0) is 16.4. The second-order valence-corrected chi connectivity index (χ2v) is 5.68. The van der Waals surface area contributed by atoms with Crippen molar-refractivity contribution in [2.45, 2.75) is 12.8 Å². The van der Waals surface area contributed by atoms with Crippen LogP contribution in [0.2, 0.25) is 0 Å². The number of anilines is 1. The van der Waals surface area contributed by atoms with Crippen LogP contribution in [0.25, 0.3) is 0 Å². The predicted molar refractivity (Wildman–Crippen MR) is 88.0 cm³/mol. The van der Waals surface area contributed by atoms with Crippen LogP contribution in [0.15, 0.2) is 60.8 Å². The van der Waals surface area contributed by atoms with Gasteiger partial charge in [-0.25, -0.2) is 9.07 Å². The third-order valence-corrected chi connectivity index (χ3v) is 4.08. The summed E-state index contributed by atoms with van der Waals surface area (Å²) in [6, 6.07) is 16.8. The maximum absolute atomic E-state index is 13.8. The van der Waals surface area contributed by atoms with Crippen LogP contribution in [0.5, 0.6) is 0 Å². The van der Waals surface area contributed by atoms with Crippen LogP contribution in [0.3, 0.4) is 0 Å². The molecule has 4 rings (SSSR count). The highest BCUT2D eigenvalue weighted by Crippen LogP contribution is 2.30. The highest BCUT2D eigenvalue weighted by molar-refractivity contribution is 5.48. The fourth-order valence-electron chi connectivity index (χ4n) is 2.90. The second-order valence-electron chi connectivity index (χ2n) is 5.68. The summed E-state index contributed by atoms with van der Waals surface area (Å²) in [5.74, 6) is -0.238. The normalized spacial score (nSPS) is 17.4. The number of halogens is 1. The molecule has 6 heteroatoms. The van der Waals surface area contributed by atoms with E-state index in [2.05, 4.69) is 15.2 Å². The summed E-state index contributed by atoms with van der Waals surface area (Å²) in [5.41, 5.74) is 2.40. The van der Waals surface area contributed by atoms with E-state index < -0.39 is 0 Å². The van der Waals surface area contributed by atoms with E-state index in [0.29, 0.717) is 18.7 Å². The van der Waals surface area contributed by atoms with Gasteiger partial charge in [0.2, 0.25) is 0 Å². The van der Waals surface area contributed by atoms with Crippen LogP contribution in [-0.4, -0.2) is 28.1 Å². The van der Waals surface area contributed by atoms with Gasteiger partial charge in [0.15, 0.2) is 6.23 Å². The molecule has 1 atom stereocenters. The zero-order valence-corrected chi connectivity index (χ0v) is 13.0. The average Bonchev–Trinajstić information content (AvgIpc) is 3.27. The van der Waals surface area contributed by atoms with Crippen LogP contribution < -0.4 is 4.90 Å². The number of rotatable bonds is 4. The molecule has 5 nitrogen and oxygen atoms in total. The summed E-state index contributed by atoms with van der Waals surface area (Å²) in [5, 5.41) is 8.34. The van der Waals surface area contributed by atoms with Gasteiger partial charge in [-0.2, -0.15) is 0 Å². The summed E-state index contributed by atoms with van der Waals surface area (Å²) in [6.07, 6.45) is 1.56. The highest BCUT2D eigenvalue weighted by atomic mass is 19.1. The van der Waals surface area contributed by atoms with Crippen LogP contribution in [0.1, 0.15) is 17.5 Å². The van der Waals surface area contributed by atoms with Gasteiger partial charge < -0.3 is 9.64 Å². The highest BCUT2D eigenvalue weighted by Gasteiger charge is 2.29. The van der Waals surface area contributed by atoms with Crippen molar-refractivity contribution in [3.8, 4) is 0 Å². The van der Waals surface area contributed by atoms with E-state index in [9.17, 15) is 4.39 Å². The van der Waals surface area contributed by atoms with Gasteiger partial charge in [0.25, 0.3) is 0 Å². The molecule has 0 aliphatic carbocycles. The Bertz CT molecular complexity index is 821. The van der Waals surface area contributed by atoms with Crippen molar-refractivity contribution in [3.05, 3.63) is 77.9 Å². The standard InChI is InChI=1S/C18H17FN4O/c19-16-9-5-4-6-14(16)12-22-13-17(20-21-22)18-23(10-11-24-18)15-7-2-1-3-8-15/h1-9,13,18H,10-12H2/t18-/m0/s1. The van der Waals surface area contributed by atoms with Gasteiger partial charge >= 0.3 is 0 Å². The molecule has 0 unspecified atom stereocenters. The molecular weight excluding hydrogens is 307 g/mol. The summed E-state index contributed by atoms with van der Waals surface area (Å²) in [6.45, 7) is 1.78. The molecular formula is C18H17FN4O. The maximum atomic E-state index is 13.8. The Morgan fingerprint density at radius 1 is 1.08 bits per heavy atom. The van der Waals surface area contributed by atoms with Gasteiger partial charge in [-0.1, -0.05) is 41.6 Å². The lowest BCUT2D eigenvalue weighted by Gasteiger charge is -2.23. The molecule has 122 valence electrons. The van der Waals surface area contributed by atoms with Crippen molar-refractivity contribution in [1.29, 1.82) is 0 Å². The third kappa shape index (κ3) is 2.88. The van der Waals surface area contributed by atoms with Crippen molar-refractivity contribution in [1.82, 2.24) is 15.0 Å². The van der Waals surface area contributed by atoms with E-state index >= 15 is 0 Å². The van der Waals surface area contributed by atoms with Crippen molar-refractivity contribution in [2.24, 2.45) is 0 Å². The summed E-state index contributed by atoms with van der Waals surface area (Å²) >= 11 is 0. The van der Waals surface area contributed by atoms with Gasteiger partial charge in [0.05, 0.1) is 19.3 Å². The molecule has 2 heterocycles. The lowest BCUT2D eigenvalue weighted by Crippen LogP contribution is -2.23. The Morgan fingerprint density at radius 2 is 1.88 bits per heavy atom. The van der Waals surface area contributed by atoms with Crippen molar-refractivity contribution in [3.63, 3.8) is 0 Å². The SMILES string of the molecule is Fc1ccccc1Cn1cc([C@@H]2OCCN2c2ccccc2)nn1. The minimum absolute atomic E-state index is 0.238. The Balaban J connectivity index is 1.55. The molecule has 1 saturated heterocycles. The molecule has 1 fully saturated rings. The molecule has 0 radical (unpaired) electrons. The fourth-order valence-corrected chi connectivity index (χ4v) is 2.90. The lowest BCUT2D eigenvalue weighted by molar-refractivity contribution is 0.110. The largest absolute Gasteiger partial charge is 0.350 e. The molecule has 24 heavy (non-hydrogen) atoms. The number of para-hydroxylation sites is 1. The Hall–Kier alpha value is -2.73. The molecule has 3 aromatic rings. The number of benzene rings is 2. The summed E-state index contributed by atoms with van der Waals surface area (Å²) in [4.78, 5) is 2.15. The predicted octanol–water partition coefficient (Wildman–Crippen LogP) is 3.00. The number of hydrogen-bond acceptors (Lipinski definition) is 4. The molecule has 0 spiro atoms. The smallest absolute Gasteiger partial charge is 0.177 e. The van der Waals surface area contributed by atoms with Crippen molar-refractivity contribution >= 4 is 5.69 Å². The molecule has 1 aliphatic rings. The molecule has 1 aromatic heterocycles. The number of nitrogens with zero attached hydrogens (tertiary/aromatic N) is 4. The summed E-state index contributed by atoms with van der Waals surface area (Å²) in [7, 11) is 0. The lowest BCUT2D eigenvalue weighted by atomic mass is 10.2. The first-order valence-corrected chi connectivity index (χ1v) is 7.88. The van der Waals surface area contributed by atoms with Gasteiger partial charge in [0, 0.05) is 17.8 Å². The van der Waals surface area contributed by atoms with E-state index in [1.807, 2.05) is 42.6 Å².